The van der Waals surface area contributed by atoms with E-state index in [2.05, 4.69) is 27.4 Å². The molecule has 0 radical (unpaired) electrons. The topological polar surface area (TPSA) is 55.1 Å². The number of fused-ring (bicyclic) bond motifs is 1. The molecular weight excluding hydrogens is 214 g/mol. The monoisotopic (exact) mass is 225 g/mol. The van der Waals surface area contributed by atoms with Gasteiger partial charge in [-0.05, 0) is 19.1 Å². The number of aromatic nitrogens is 4. The van der Waals surface area contributed by atoms with Crippen LogP contribution in [-0.2, 0) is 0 Å². The highest BCUT2D eigenvalue weighted by Gasteiger charge is 2.04. The third-order valence-electron chi connectivity index (χ3n) is 2.53. The van der Waals surface area contributed by atoms with Crippen molar-refractivity contribution >= 4 is 17.2 Å². The standard InChI is InChI=1S/C12H11N5/c1-9-2-4-10(5-3-9)15-11-12-16-14-8-17(12)7-6-13-11/h2-8H,1H3,(H,13,15). The van der Waals surface area contributed by atoms with Gasteiger partial charge in [0.1, 0.15) is 6.33 Å². The summed E-state index contributed by atoms with van der Waals surface area (Å²) >= 11 is 0. The fourth-order valence-electron chi connectivity index (χ4n) is 1.62. The van der Waals surface area contributed by atoms with Gasteiger partial charge in [0.25, 0.3) is 0 Å². The Morgan fingerprint density at radius 2 is 2.00 bits per heavy atom. The molecule has 0 aliphatic carbocycles. The maximum Gasteiger partial charge on any atom is 0.203 e. The van der Waals surface area contributed by atoms with Gasteiger partial charge in [-0.2, -0.15) is 0 Å². The van der Waals surface area contributed by atoms with Crippen LogP contribution in [0.25, 0.3) is 5.65 Å². The van der Waals surface area contributed by atoms with Crippen molar-refractivity contribution in [2.24, 2.45) is 0 Å². The number of benzene rings is 1. The maximum absolute atomic E-state index is 4.26. The predicted octanol–water partition coefficient (Wildman–Crippen LogP) is 2.18. The molecule has 0 atom stereocenters. The number of nitrogens with one attached hydrogen (secondary N) is 1. The minimum absolute atomic E-state index is 0.703. The first-order valence-corrected chi connectivity index (χ1v) is 5.31. The van der Waals surface area contributed by atoms with Crippen molar-refractivity contribution in [3.05, 3.63) is 48.5 Å². The summed E-state index contributed by atoms with van der Waals surface area (Å²) in [5.74, 6) is 0.703. The first-order valence-electron chi connectivity index (χ1n) is 5.31. The van der Waals surface area contributed by atoms with Crippen molar-refractivity contribution < 1.29 is 0 Å². The van der Waals surface area contributed by atoms with Gasteiger partial charge in [-0.15, -0.1) is 10.2 Å². The number of anilines is 2. The lowest BCUT2D eigenvalue weighted by atomic mass is 10.2. The normalized spacial score (nSPS) is 10.6. The Bertz CT molecular complexity index is 641. The van der Waals surface area contributed by atoms with Crippen LogP contribution in [0.15, 0.2) is 43.0 Å². The third-order valence-corrected chi connectivity index (χ3v) is 2.53. The van der Waals surface area contributed by atoms with Gasteiger partial charge in [-0.3, -0.25) is 4.40 Å². The lowest BCUT2D eigenvalue weighted by molar-refractivity contribution is 1.10. The predicted molar refractivity (Wildman–Crippen MR) is 65.2 cm³/mol. The average molecular weight is 225 g/mol. The molecule has 3 aromatic rings. The third kappa shape index (κ3) is 1.82. The van der Waals surface area contributed by atoms with Crippen molar-refractivity contribution in [1.29, 1.82) is 0 Å². The van der Waals surface area contributed by atoms with E-state index in [1.165, 1.54) is 5.56 Å². The van der Waals surface area contributed by atoms with E-state index < -0.39 is 0 Å². The van der Waals surface area contributed by atoms with Crippen LogP contribution in [0, 0.1) is 6.92 Å². The van der Waals surface area contributed by atoms with Crippen LogP contribution in [0.1, 0.15) is 5.56 Å². The van der Waals surface area contributed by atoms with Crippen LogP contribution in [0.4, 0.5) is 11.5 Å². The molecule has 0 aliphatic heterocycles. The second-order valence-electron chi connectivity index (χ2n) is 3.83. The summed E-state index contributed by atoms with van der Waals surface area (Å²) < 4.78 is 1.82. The van der Waals surface area contributed by atoms with E-state index in [1.807, 2.05) is 34.9 Å². The van der Waals surface area contributed by atoms with Gasteiger partial charge < -0.3 is 5.32 Å². The molecule has 0 aliphatic rings. The van der Waals surface area contributed by atoms with Crippen molar-refractivity contribution in [2.45, 2.75) is 6.92 Å². The fraction of sp³-hybridized carbons (Fsp3) is 0.0833. The fourth-order valence-corrected chi connectivity index (χ4v) is 1.62. The maximum atomic E-state index is 4.26. The van der Waals surface area contributed by atoms with Gasteiger partial charge in [0.15, 0.2) is 5.82 Å². The number of hydrogen-bond acceptors (Lipinski definition) is 4. The average Bonchev–Trinajstić information content (AvgIpc) is 2.81. The summed E-state index contributed by atoms with van der Waals surface area (Å²) in [5.41, 5.74) is 2.93. The van der Waals surface area contributed by atoms with E-state index in [0.717, 1.165) is 5.69 Å². The molecule has 0 amide bonds. The van der Waals surface area contributed by atoms with Crippen LogP contribution < -0.4 is 5.32 Å². The van der Waals surface area contributed by atoms with Gasteiger partial charge >= 0.3 is 0 Å². The second kappa shape index (κ2) is 3.86. The molecular formula is C12H11N5. The zero-order chi connectivity index (χ0) is 11.7. The van der Waals surface area contributed by atoms with E-state index in [4.69, 9.17) is 0 Å². The minimum atomic E-state index is 0.703. The Labute approximate surface area is 98.1 Å². The highest BCUT2D eigenvalue weighted by atomic mass is 15.2. The van der Waals surface area contributed by atoms with Crippen molar-refractivity contribution in [2.75, 3.05) is 5.32 Å². The summed E-state index contributed by atoms with van der Waals surface area (Å²) in [6.45, 7) is 2.06. The first kappa shape index (κ1) is 9.77. The van der Waals surface area contributed by atoms with Crippen LogP contribution >= 0.6 is 0 Å². The lowest BCUT2D eigenvalue weighted by Gasteiger charge is -2.06. The van der Waals surface area contributed by atoms with Gasteiger partial charge in [-0.25, -0.2) is 4.98 Å². The Morgan fingerprint density at radius 1 is 1.18 bits per heavy atom. The molecule has 5 nitrogen and oxygen atoms in total. The molecule has 0 fully saturated rings. The van der Waals surface area contributed by atoms with E-state index in [-0.39, 0.29) is 0 Å². The molecule has 1 aromatic carbocycles. The largest absolute Gasteiger partial charge is 0.337 e. The Balaban J connectivity index is 1.99. The SMILES string of the molecule is Cc1ccc(Nc2nccn3cnnc23)cc1. The summed E-state index contributed by atoms with van der Waals surface area (Å²) in [5, 5.41) is 11.1. The summed E-state index contributed by atoms with van der Waals surface area (Å²) in [6, 6.07) is 8.12. The number of aryl methyl sites for hydroxylation is 1. The molecule has 0 unspecified atom stereocenters. The lowest BCUT2D eigenvalue weighted by Crippen LogP contribution is -1.97. The Hall–Kier alpha value is -2.43. The van der Waals surface area contributed by atoms with E-state index in [9.17, 15) is 0 Å². The van der Waals surface area contributed by atoms with Crippen LogP contribution in [0.2, 0.25) is 0 Å². The summed E-state index contributed by atoms with van der Waals surface area (Å²) in [6.07, 6.45) is 5.18. The zero-order valence-corrected chi connectivity index (χ0v) is 9.33. The van der Waals surface area contributed by atoms with Gasteiger partial charge in [0.2, 0.25) is 5.65 Å². The van der Waals surface area contributed by atoms with E-state index in [1.54, 1.807) is 12.5 Å². The number of hydrogen-bond donors (Lipinski definition) is 1. The molecule has 0 spiro atoms. The highest BCUT2D eigenvalue weighted by molar-refractivity contribution is 5.69. The van der Waals surface area contributed by atoms with Gasteiger partial charge in [-0.1, -0.05) is 17.7 Å². The molecule has 0 saturated heterocycles. The van der Waals surface area contributed by atoms with E-state index >= 15 is 0 Å². The molecule has 0 saturated carbocycles. The zero-order valence-electron chi connectivity index (χ0n) is 9.33. The summed E-state index contributed by atoms with van der Waals surface area (Å²) in [4.78, 5) is 4.26. The molecule has 0 bridgehead atoms. The second-order valence-corrected chi connectivity index (χ2v) is 3.83. The van der Waals surface area contributed by atoms with E-state index in [0.29, 0.717) is 11.5 Å². The molecule has 17 heavy (non-hydrogen) atoms. The molecule has 5 heteroatoms. The van der Waals surface area contributed by atoms with Gasteiger partial charge in [0, 0.05) is 18.1 Å². The quantitative estimate of drug-likeness (QED) is 0.726. The van der Waals surface area contributed by atoms with Crippen LogP contribution in [0.5, 0.6) is 0 Å². The molecule has 84 valence electrons. The Kier molecular flexibility index (Phi) is 2.22. The molecule has 2 heterocycles. The molecule has 2 aromatic heterocycles. The Morgan fingerprint density at radius 3 is 2.82 bits per heavy atom. The molecule has 3 rings (SSSR count). The van der Waals surface area contributed by atoms with Crippen molar-refractivity contribution in [3.63, 3.8) is 0 Å². The van der Waals surface area contributed by atoms with Crippen molar-refractivity contribution in [3.8, 4) is 0 Å². The number of rotatable bonds is 2. The first-order chi connectivity index (χ1) is 8.33. The van der Waals surface area contributed by atoms with Crippen LogP contribution in [-0.4, -0.2) is 19.6 Å². The smallest absolute Gasteiger partial charge is 0.203 e. The van der Waals surface area contributed by atoms with Crippen LogP contribution in [0.3, 0.4) is 0 Å². The molecule has 1 N–H and O–H groups in total. The number of nitrogens with zero attached hydrogens (tertiary/aromatic N) is 4. The minimum Gasteiger partial charge on any atom is -0.337 e. The highest BCUT2D eigenvalue weighted by Crippen LogP contribution is 2.17. The summed E-state index contributed by atoms with van der Waals surface area (Å²) in [7, 11) is 0. The van der Waals surface area contributed by atoms with Gasteiger partial charge in [0.05, 0.1) is 0 Å². The van der Waals surface area contributed by atoms with Crippen molar-refractivity contribution in [1.82, 2.24) is 19.6 Å².